The summed E-state index contributed by atoms with van der Waals surface area (Å²) < 4.78 is 46.9. The van der Waals surface area contributed by atoms with Gasteiger partial charge in [0, 0.05) is 18.1 Å². The lowest BCUT2D eigenvalue weighted by atomic mass is 10.0. The number of benzene rings is 2. The number of aliphatic imine (C=N–C) groups is 1. The highest BCUT2D eigenvalue weighted by Gasteiger charge is 2.20. The number of amides is 1. The standard InChI is InChI=1S/C13H17N3O3S.C12H14O4S/c1-7(2)9-5-8(3)10(12(17)16-13(14)15)6-11(9)20(4,18)19;1-7(2)9-5-8(3)10(12(13)14)6-11(9)17(4,15)16/h5-6H,1H2,2-4H3,(H4,14,15,16,17);5-6H,1H2,2-4H3,(H,13,14). The number of sulfone groups is 2. The molecule has 37 heavy (non-hydrogen) atoms. The third-order valence-electron chi connectivity index (χ3n) is 5.06. The number of nitrogens with zero attached hydrogens (tertiary/aromatic N) is 1. The summed E-state index contributed by atoms with van der Waals surface area (Å²) in [6, 6.07) is 5.61. The maximum Gasteiger partial charge on any atom is 0.335 e. The van der Waals surface area contributed by atoms with Crippen LogP contribution in [0.15, 0.2) is 52.2 Å². The van der Waals surface area contributed by atoms with Crippen LogP contribution >= 0.6 is 0 Å². The molecular weight excluding hydrogens is 518 g/mol. The zero-order valence-corrected chi connectivity index (χ0v) is 23.2. The summed E-state index contributed by atoms with van der Waals surface area (Å²) in [6.45, 7) is 14.1. The predicted molar refractivity (Wildman–Crippen MR) is 145 cm³/mol. The van der Waals surface area contributed by atoms with E-state index in [0.717, 1.165) is 12.5 Å². The smallest absolute Gasteiger partial charge is 0.335 e. The molecule has 10 nitrogen and oxygen atoms in total. The number of allylic oxidation sites excluding steroid dienone is 2. The number of aromatic carboxylic acids is 1. The summed E-state index contributed by atoms with van der Waals surface area (Å²) in [5, 5.41) is 8.97. The second-order valence-corrected chi connectivity index (χ2v) is 12.5. The number of nitrogens with two attached hydrogens (primary N) is 2. The first-order valence-electron chi connectivity index (χ1n) is 10.6. The average molecular weight is 550 g/mol. The largest absolute Gasteiger partial charge is 0.478 e. The van der Waals surface area contributed by atoms with Gasteiger partial charge >= 0.3 is 5.97 Å². The van der Waals surface area contributed by atoms with Crippen molar-refractivity contribution in [2.75, 3.05) is 12.5 Å². The van der Waals surface area contributed by atoms with Crippen molar-refractivity contribution in [1.82, 2.24) is 0 Å². The van der Waals surface area contributed by atoms with Crippen molar-refractivity contribution in [1.29, 1.82) is 0 Å². The highest BCUT2D eigenvalue weighted by Crippen LogP contribution is 2.27. The second kappa shape index (κ2) is 11.5. The molecule has 0 bridgehead atoms. The highest BCUT2D eigenvalue weighted by molar-refractivity contribution is 7.91. The van der Waals surface area contributed by atoms with Gasteiger partial charge in [0.2, 0.25) is 0 Å². The first-order chi connectivity index (χ1) is 16.7. The van der Waals surface area contributed by atoms with Gasteiger partial charge < -0.3 is 16.6 Å². The third-order valence-corrected chi connectivity index (χ3v) is 7.34. The van der Waals surface area contributed by atoms with Crippen LogP contribution < -0.4 is 11.5 Å². The fourth-order valence-corrected chi connectivity index (χ4v) is 5.22. The van der Waals surface area contributed by atoms with Crippen LogP contribution in [0.3, 0.4) is 0 Å². The topological polar surface area (TPSA) is 187 Å². The number of guanidine groups is 1. The average Bonchev–Trinajstić information content (AvgIpc) is 2.70. The van der Waals surface area contributed by atoms with E-state index >= 15 is 0 Å². The van der Waals surface area contributed by atoms with Crippen LogP contribution in [0, 0.1) is 13.8 Å². The number of hydrogen-bond acceptors (Lipinski definition) is 6. The molecule has 1 amide bonds. The Labute approximate surface area is 217 Å². The Morgan fingerprint density at radius 1 is 0.757 bits per heavy atom. The minimum Gasteiger partial charge on any atom is -0.478 e. The number of carboxylic acids is 1. The lowest BCUT2D eigenvalue weighted by molar-refractivity contribution is 0.0695. The molecule has 2 aromatic carbocycles. The minimum atomic E-state index is -3.50. The van der Waals surface area contributed by atoms with Crippen LogP contribution in [0.1, 0.15) is 56.8 Å². The SMILES string of the molecule is C=C(C)c1cc(C)c(C(=O)N=C(N)N)cc1S(C)(=O)=O.C=C(C)c1cc(C)c(C(=O)O)cc1S(C)(=O)=O. The molecule has 12 heteroatoms. The van der Waals surface area contributed by atoms with E-state index < -0.39 is 31.6 Å². The van der Waals surface area contributed by atoms with Crippen molar-refractivity contribution < 1.29 is 31.5 Å². The van der Waals surface area contributed by atoms with Gasteiger partial charge in [-0.1, -0.05) is 13.2 Å². The molecule has 0 aliphatic heterocycles. The molecule has 0 saturated carbocycles. The fraction of sp³-hybridized carbons (Fsp3) is 0.240. The van der Waals surface area contributed by atoms with Crippen LogP contribution in [0.2, 0.25) is 0 Å². The number of carbonyl (C=O) groups is 2. The first kappa shape index (κ1) is 31.3. The van der Waals surface area contributed by atoms with E-state index in [1.807, 2.05) is 0 Å². The van der Waals surface area contributed by atoms with E-state index in [9.17, 15) is 26.4 Å². The van der Waals surface area contributed by atoms with Crippen LogP contribution in [0.5, 0.6) is 0 Å². The Bertz CT molecular complexity index is 1550. The zero-order valence-electron chi connectivity index (χ0n) is 21.5. The van der Waals surface area contributed by atoms with E-state index in [1.54, 1.807) is 39.8 Å². The number of hydrogen-bond donors (Lipinski definition) is 3. The Balaban J connectivity index is 0.000000375. The van der Waals surface area contributed by atoms with Gasteiger partial charge in [0.1, 0.15) is 0 Å². The molecule has 5 N–H and O–H groups in total. The molecule has 0 heterocycles. The Hall–Kier alpha value is -3.77. The highest BCUT2D eigenvalue weighted by atomic mass is 32.2. The third kappa shape index (κ3) is 8.12. The molecule has 0 radical (unpaired) electrons. The lowest BCUT2D eigenvalue weighted by Gasteiger charge is -2.12. The second-order valence-electron chi connectivity index (χ2n) is 8.58. The van der Waals surface area contributed by atoms with Crippen molar-refractivity contribution in [3.05, 3.63) is 70.8 Å². The summed E-state index contributed by atoms with van der Waals surface area (Å²) >= 11 is 0. The lowest BCUT2D eigenvalue weighted by Crippen LogP contribution is -2.24. The normalized spacial score (nSPS) is 11.1. The molecule has 0 aliphatic rings. The molecule has 0 unspecified atom stereocenters. The molecule has 0 spiro atoms. The van der Waals surface area contributed by atoms with Gasteiger partial charge in [-0.25, -0.2) is 21.6 Å². The van der Waals surface area contributed by atoms with Gasteiger partial charge in [-0.2, -0.15) is 4.99 Å². The van der Waals surface area contributed by atoms with Gasteiger partial charge in [0.15, 0.2) is 25.6 Å². The first-order valence-corrected chi connectivity index (χ1v) is 14.3. The van der Waals surface area contributed by atoms with E-state index in [0.29, 0.717) is 33.4 Å². The maximum atomic E-state index is 11.9. The van der Waals surface area contributed by atoms with Crippen molar-refractivity contribution >= 4 is 48.7 Å². The summed E-state index contributed by atoms with van der Waals surface area (Å²) in [6.07, 6.45) is 2.12. The van der Waals surface area contributed by atoms with Crippen LogP contribution in [0.25, 0.3) is 11.1 Å². The summed E-state index contributed by atoms with van der Waals surface area (Å²) in [7, 11) is -6.98. The fourth-order valence-electron chi connectivity index (χ4n) is 3.30. The minimum absolute atomic E-state index is 0.00424. The molecular formula is C25H31N3O7S2. The molecule has 0 fully saturated rings. The number of carboxylic acid groups (broad SMARTS) is 1. The predicted octanol–water partition coefficient (Wildman–Crippen LogP) is 2.98. The van der Waals surface area contributed by atoms with Crippen LogP contribution in [-0.4, -0.2) is 52.3 Å². The van der Waals surface area contributed by atoms with Gasteiger partial charge in [-0.05, 0) is 85.4 Å². The van der Waals surface area contributed by atoms with Gasteiger partial charge in [-0.15, -0.1) is 0 Å². The quantitative estimate of drug-likeness (QED) is 0.359. The Morgan fingerprint density at radius 2 is 1.11 bits per heavy atom. The van der Waals surface area contributed by atoms with Crippen molar-refractivity contribution in [2.45, 2.75) is 37.5 Å². The molecule has 0 aliphatic carbocycles. The summed E-state index contributed by atoms with van der Waals surface area (Å²) in [5.41, 5.74) is 13.7. The zero-order chi connectivity index (χ0) is 29.0. The molecule has 200 valence electrons. The van der Waals surface area contributed by atoms with Crippen molar-refractivity contribution in [3.63, 3.8) is 0 Å². The number of carbonyl (C=O) groups excluding carboxylic acids is 1. The molecule has 0 aromatic heterocycles. The summed E-state index contributed by atoms with van der Waals surface area (Å²) in [5.74, 6) is -2.19. The van der Waals surface area contributed by atoms with E-state index in [2.05, 4.69) is 18.2 Å². The van der Waals surface area contributed by atoms with Crippen molar-refractivity contribution in [2.24, 2.45) is 16.5 Å². The molecule has 2 rings (SSSR count). The molecule has 2 aromatic rings. The van der Waals surface area contributed by atoms with E-state index in [1.165, 1.54) is 12.1 Å². The van der Waals surface area contributed by atoms with Crippen LogP contribution in [0.4, 0.5) is 0 Å². The Kier molecular flexibility index (Phi) is 9.74. The van der Waals surface area contributed by atoms with Gasteiger partial charge in [-0.3, -0.25) is 4.79 Å². The van der Waals surface area contributed by atoms with Gasteiger partial charge in [0.05, 0.1) is 15.4 Å². The molecule has 0 saturated heterocycles. The monoisotopic (exact) mass is 549 g/mol. The van der Waals surface area contributed by atoms with Gasteiger partial charge in [0.25, 0.3) is 5.91 Å². The van der Waals surface area contributed by atoms with E-state index in [4.69, 9.17) is 16.6 Å². The van der Waals surface area contributed by atoms with Crippen LogP contribution in [-0.2, 0) is 19.7 Å². The Morgan fingerprint density at radius 3 is 1.41 bits per heavy atom. The number of rotatable bonds is 6. The van der Waals surface area contributed by atoms with E-state index in [-0.39, 0.29) is 26.9 Å². The molecule has 0 atom stereocenters. The number of aryl methyl sites for hydroxylation is 2. The summed E-state index contributed by atoms with van der Waals surface area (Å²) in [4.78, 5) is 26.3. The van der Waals surface area contributed by atoms with Crippen molar-refractivity contribution in [3.8, 4) is 0 Å². The maximum absolute atomic E-state index is 11.9.